The van der Waals surface area contributed by atoms with Gasteiger partial charge < -0.3 is 0 Å². The maximum atomic E-state index is 2.42. The molecule has 0 amide bonds. The molecule has 10 heavy (non-hydrogen) atoms. The van der Waals surface area contributed by atoms with Crippen molar-refractivity contribution in [3.05, 3.63) is 12.2 Å². The van der Waals surface area contributed by atoms with Gasteiger partial charge in [0.2, 0.25) is 0 Å². The van der Waals surface area contributed by atoms with Crippen molar-refractivity contribution in [2.45, 2.75) is 33.6 Å². The minimum absolute atomic E-state index is 0.564. The van der Waals surface area contributed by atoms with E-state index >= 15 is 0 Å². The zero-order valence-electron chi connectivity index (χ0n) is 7.15. The van der Waals surface area contributed by atoms with Crippen LogP contribution in [0.5, 0.6) is 0 Å². The lowest BCUT2D eigenvalue weighted by Crippen LogP contribution is -2.18. The third-order valence-corrected chi connectivity index (χ3v) is 3.28. The summed E-state index contributed by atoms with van der Waals surface area (Å²) in [4.78, 5) is 0. The lowest BCUT2D eigenvalue weighted by Gasteiger charge is -2.28. The van der Waals surface area contributed by atoms with Gasteiger partial charge in [-0.05, 0) is 29.6 Å². The van der Waals surface area contributed by atoms with Gasteiger partial charge in [-0.1, -0.05) is 32.9 Å². The summed E-state index contributed by atoms with van der Waals surface area (Å²) >= 11 is 0. The zero-order chi connectivity index (χ0) is 7.41. The van der Waals surface area contributed by atoms with Crippen molar-refractivity contribution in [3.8, 4) is 0 Å². The van der Waals surface area contributed by atoms with E-state index in [4.69, 9.17) is 0 Å². The van der Waals surface area contributed by atoms with E-state index in [0.29, 0.717) is 10.8 Å². The first-order chi connectivity index (χ1) is 4.52. The van der Waals surface area contributed by atoms with E-state index in [0.717, 1.165) is 5.92 Å². The molecule has 2 aliphatic rings. The molecule has 0 aliphatic heterocycles. The third-order valence-electron chi connectivity index (χ3n) is 3.28. The predicted molar refractivity (Wildman–Crippen MR) is 43.8 cm³/mol. The third kappa shape index (κ3) is 0.680. The first-order valence-corrected chi connectivity index (χ1v) is 4.21. The first kappa shape index (κ1) is 6.45. The lowest BCUT2D eigenvalue weighted by molar-refractivity contribution is 0.280. The zero-order valence-corrected chi connectivity index (χ0v) is 7.15. The maximum Gasteiger partial charge on any atom is -0.0135 e. The Morgan fingerprint density at radius 1 is 1.30 bits per heavy atom. The van der Waals surface area contributed by atoms with E-state index in [1.165, 1.54) is 12.8 Å². The van der Waals surface area contributed by atoms with Crippen molar-refractivity contribution in [3.63, 3.8) is 0 Å². The minimum Gasteiger partial charge on any atom is -0.0843 e. The fourth-order valence-corrected chi connectivity index (χ4v) is 2.83. The summed E-state index contributed by atoms with van der Waals surface area (Å²) in [6.45, 7) is 7.18. The summed E-state index contributed by atoms with van der Waals surface area (Å²) in [5.74, 6) is 0.873. The summed E-state index contributed by atoms with van der Waals surface area (Å²) in [6.07, 6.45) is 7.63. The van der Waals surface area contributed by atoms with Crippen LogP contribution in [0.1, 0.15) is 33.6 Å². The van der Waals surface area contributed by atoms with Gasteiger partial charge >= 0.3 is 0 Å². The van der Waals surface area contributed by atoms with Gasteiger partial charge in [0, 0.05) is 0 Å². The van der Waals surface area contributed by atoms with Crippen molar-refractivity contribution >= 4 is 0 Å². The number of allylic oxidation sites excluding steroid dienone is 2. The van der Waals surface area contributed by atoms with E-state index in [1.54, 1.807) is 0 Å². The molecule has 2 aliphatic carbocycles. The molecular formula is C10H16. The van der Waals surface area contributed by atoms with Crippen LogP contribution < -0.4 is 0 Å². The summed E-state index contributed by atoms with van der Waals surface area (Å²) in [7, 11) is 0. The second-order valence-electron chi connectivity index (χ2n) is 4.99. The van der Waals surface area contributed by atoms with E-state index in [1.807, 2.05) is 0 Å². The number of fused-ring (bicyclic) bond motifs is 2. The normalized spacial score (nSPS) is 48.5. The van der Waals surface area contributed by atoms with Gasteiger partial charge in [0.1, 0.15) is 0 Å². The Balaban J connectivity index is 2.35. The first-order valence-electron chi connectivity index (χ1n) is 4.21. The Bertz CT molecular complexity index is 188. The van der Waals surface area contributed by atoms with Crippen LogP contribution in [0.15, 0.2) is 12.2 Å². The Hall–Kier alpha value is -0.260. The molecule has 1 fully saturated rings. The highest BCUT2D eigenvalue weighted by molar-refractivity contribution is 5.19. The van der Waals surface area contributed by atoms with Crippen molar-refractivity contribution in [1.82, 2.24) is 0 Å². The molecule has 0 aromatic rings. The number of hydrogen-bond acceptors (Lipinski definition) is 0. The highest BCUT2D eigenvalue weighted by Crippen LogP contribution is 2.58. The van der Waals surface area contributed by atoms with E-state index in [-0.39, 0.29) is 0 Å². The molecule has 1 saturated carbocycles. The molecular weight excluding hydrogens is 120 g/mol. The average molecular weight is 136 g/mol. The van der Waals surface area contributed by atoms with Crippen LogP contribution in [-0.4, -0.2) is 0 Å². The van der Waals surface area contributed by atoms with Crippen LogP contribution in [0, 0.1) is 16.7 Å². The van der Waals surface area contributed by atoms with Gasteiger partial charge in [0.15, 0.2) is 0 Å². The SMILES string of the molecule is CC1(C)C[C@]2(C)C=C[C@H]1C2. The molecule has 56 valence electrons. The smallest absolute Gasteiger partial charge is 0.0135 e. The van der Waals surface area contributed by atoms with Crippen LogP contribution in [0.2, 0.25) is 0 Å². The minimum atomic E-state index is 0.564. The van der Waals surface area contributed by atoms with Gasteiger partial charge in [-0.3, -0.25) is 0 Å². The van der Waals surface area contributed by atoms with Crippen LogP contribution in [0.3, 0.4) is 0 Å². The Kier molecular flexibility index (Phi) is 0.962. The maximum absolute atomic E-state index is 2.42. The van der Waals surface area contributed by atoms with Crippen molar-refractivity contribution in [2.24, 2.45) is 16.7 Å². The van der Waals surface area contributed by atoms with E-state index in [2.05, 4.69) is 32.9 Å². The molecule has 0 unspecified atom stereocenters. The standard InChI is InChI=1S/C10H16/c1-9(2)7-10(3)5-4-8(9)6-10/h4-5,8H,6-7H2,1-3H3/t8-,10+/m0/s1. The van der Waals surface area contributed by atoms with Crippen LogP contribution in [0.25, 0.3) is 0 Å². The quantitative estimate of drug-likeness (QED) is 0.449. The predicted octanol–water partition coefficient (Wildman–Crippen LogP) is 3.00. The van der Waals surface area contributed by atoms with E-state index in [9.17, 15) is 0 Å². The molecule has 0 aromatic heterocycles. The second kappa shape index (κ2) is 1.49. The highest BCUT2D eigenvalue weighted by atomic mass is 14.5. The Morgan fingerprint density at radius 2 is 2.00 bits per heavy atom. The Labute approximate surface area is 63.3 Å². The molecule has 2 rings (SSSR count). The summed E-state index contributed by atoms with van der Waals surface area (Å²) in [6, 6.07) is 0. The molecule has 0 N–H and O–H groups in total. The molecule has 0 nitrogen and oxygen atoms in total. The average Bonchev–Trinajstić information content (AvgIpc) is 2.16. The summed E-state index contributed by atoms with van der Waals surface area (Å²) in [5.41, 5.74) is 1.15. The molecule has 0 heterocycles. The molecule has 0 spiro atoms. The monoisotopic (exact) mass is 136 g/mol. The highest BCUT2D eigenvalue weighted by Gasteiger charge is 2.48. The fourth-order valence-electron chi connectivity index (χ4n) is 2.83. The Morgan fingerprint density at radius 3 is 2.20 bits per heavy atom. The molecule has 0 saturated heterocycles. The van der Waals surface area contributed by atoms with Gasteiger partial charge in [-0.2, -0.15) is 0 Å². The summed E-state index contributed by atoms with van der Waals surface area (Å²) < 4.78 is 0. The number of hydrogen-bond donors (Lipinski definition) is 0. The largest absolute Gasteiger partial charge is 0.0843 e. The van der Waals surface area contributed by atoms with Crippen LogP contribution in [-0.2, 0) is 0 Å². The fraction of sp³-hybridized carbons (Fsp3) is 0.800. The van der Waals surface area contributed by atoms with Crippen molar-refractivity contribution < 1.29 is 0 Å². The molecule has 0 radical (unpaired) electrons. The summed E-state index contributed by atoms with van der Waals surface area (Å²) in [5, 5.41) is 0. The molecule has 0 heteroatoms. The molecule has 0 aromatic carbocycles. The van der Waals surface area contributed by atoms with Gasteiger partial charge in [-0.25, -0.2) is 0 Å². The molecule has 2 atom stereocenters. The van der Waals surface area contributed by atoms with Crippen molar-refractivity contribution in [1.29, 1.82) is 0 Å². The topological polar surface area (TPSA) is 0 Å². The lowest BCUT2D eigenvalue weighted by atomic mass is 9.77. The van der Waals surface area contributed by atoms with Gasteiger partial charge in [-0.15, -0.1) is 0 Å². The van der Waals surface area contributed by atoms with Crippen LogP contribution in [0.4, 0.5) is 0 Å². The second-order valence-corrected chi connectivity index (χ2v) is 4.99. The van der Waals surface area contributed by atoms with Gasteiger partial charge in [0.25, 0.3) is 0 Å². The van der Waals surface area contributed by atoms with E-state index < -0.39 is 0 Å². The molecule has 2 bridgehead atoms. The van der Waals surface area contributed by atoms with Crippen molar-refractivity contribution in [2.75, 3.05) is 0 Å². The van der Waals surface area contributed by atoms with Gasteiger partial charge in [0.05, 0.1) is 0 Å². The van der Waals surface area contributed by atoms with Crippen LogP contribution >= 0.6 is 0 Å². The number of rotatable bonds is 0.